The highest BCUT2D eigenvalue weighted by atomic mass is 32.1. The topological polar surface area (TPSA) is 78.5 Å². The second-order valence-corrected chi connectivity index (χ2v) is 9.50. The number of rotatable bonds is 5. The maximum Gasteiger partial charge on any atom is 0.263 e. The molecule has 0 bridgehead atoms. The van der Waals surface area contributed by atoms with Gasteiger partial charge in [-0.25, -0.2) is 19.9 Å². The largest absolute Gasteiger partial charge is 0.340 e. The number of pyridine rings is 1. The lowest BCUT2D eigenvalue weighted by molar-refractivity contribution is 0.687. The summed E-state index contributed by atoms with van der Waals surface area (Å²) in [6.07, 6.45) is 5.92. The van der Waals surface area contributed by atoms with Crippen LogP contribution in [0.15, 0.2) is 83.8 Å². The summed E-state index contributed by atoms with van der Waals surface area (Å²) in [5.41, 5.74) is 6.82. The van der Waals surface area contributed by atoms with E-state index >= 15 is 0 Å². The molecular formula is C27H22N6OS. The van der Waals surface area contributed by atoms with E-state index in [-0.39, 0.29) is 11.5 Å². The molecule has 1 atom stereocenters. The van der Waals surface area contributed by atoms with E-state index in [1.165, 1.54) is 11.3 Å². The van der Waals surface area contributed by atoms with E-state index < -0.39 is 0 Å². The highest BCUT2D eigenvalue weighted by Crippen LogP contribution is 2.30. The van der Waals surface area contributed by atoms with Crippen LogP contribution in [0, 0.1) is 0 Å². The van der Waals surface area contributed by atoms with Gasteiger partial charge in [0.15, 0.2) is 0 Å². The Morgan fingerprint density at radius 1 is 1.00 bits per heavy atom. The smallest absolute Gasteiger partial charge is 0.263 e. The van der Waals surface area contributed by atoms with Crippen molar-refractivity contribution in [1.82, 2.24) is 29.1 Å². The molecular weight excluding hydrogens is 456 g/mol. The first kappa shape index (κ1) is 21.4. The standard InChI is InChI=1S/C27H22N6OS/c1-17(11-21-25-26(29-14-28-21)35-16-31-25)23-12-18-7-6-10-20(22-13-32(2)15-30-22)24(18)27(34)33(23)19-8-4-3-5-9-19/h3-10,12-17H,11H2,1-2H3/t17-/m1/s1. The first-order chi connectivity index (χ1) is 17.1. The van der Waals surface area contributed by atoms with E-state index in [1.54, 1.807) is 18.2 Å². The second-order valence-electron chi connectivity index (χ2n) is 8.67. The number of hydrogen-bond acceptors (Lipinski definition) is 6. The number of thiazole rings is 1. The molecule has 0 N–H and O–H groups in total. The van der Waals surface area contributed by atoms with E-state index in [1.807, 2.05) is 70.9 Å². The normalized spacial score (nSPS) is 12.4. The molecule has 35 heavy (non-hydrogen) atoms. The van der Waals surface area contributed by atoms with E-state index in [0.29, 0.717) is 11.8 Å². The Bertz CT molecular complexity index is 1730. The minimum atomic E-state index is -0.0571. The van der Waals surface area contributed by atoms with Gasteiger partial charge in [0.2, 0.25) is 0 Å². The van der Waals surface area contributed by atoms with Gasteiger partial charge in [-0.15, -0.1) is 11.3 Å². The van der Waals surface area contributed by atoms with Gasteiger partial charge in [-0.1, -0.05) is 43.3 Å². The number of aryl methyl sites for hydroxylation is 1. The van der Waals surface area contributed by atoms with Gasteiger partial charge < -0.3 is 4.57 Å². The van der Waals surface area contributed by atoms with E-state index in [0.717, 1.165) is 44.1 Å². The van der Waals surface area contributed by atoms with Crippen LogP contribution in [0.25, 0.3) is 38.1 Å². The van der Waals surface area contributed by atoms with Crippen LogP contribution in [0.3, 0.4) is 0 Å². The van der Waals surface area contributed by atoms with Crippen molar-refractivity contribution in [2.24, 2.45) is 7.05 Å². The summed E-state index contributed by atoms with van der Waals surface area (Å²) in [7, 11) is 1.93. The van der Waals surface area contributed by atoms with Crippen molar-refractivity contribution in [3.63, 3.8) is 0 Å². The molecule has 172 valence electrons. The van der Waals surface area contributed by atoms with Gasteiger partial charge in [0.25, 0.3) is 5.56 Å². The number of aromatic nitrogens is 6. The molecule has 6 aromatic rings. The molecule has 0 unspecified atom stereocenters. The monoisotopic (exact) mass is 478 g/mol. The predicted molar refractivity (Wildman–Crippen MR) is 139 cm³/mol. The van der Waals surface area contributed by atoms with Crippen LogP contribution in [0.2, 0.25) is 0 Å². The summed E-state index contributed by atoms with van der Waals surface area (Å²) in [6.45, 7) is 2.13. The summed E-state index contributed by atoms with van der Waals surface area (Å²) in [5, 5.41) is 1.56. The van der Waals surface area contributed by atoms with E-state index in [4.69, 9.17) is 0 Å². The molecule has 7 nitrogen and oxygen atoms in total. The molecule has 0 aliphatic carbocycles. The van der Waals surface area contributed by atoms with Crippen LogP contribution in [0.1, 0.15) is 24.2 Å². The summed E-state index contributed by atoms with van der Waals surface area (Å²) in [5.74, 6) is 0.00520. The number of para-hydroxylation sites is 1. The Kier molecular flexibility index (Phi) is 5.22. The minimum Gasteiger partial charge on any atom is -0.340 e. The summed E-state index contributed by atoms with van der Waals surface area (Å²) in [4.78, 5) is 32.9. The van der Waals surface area contributed by atoms with Gasteiger partial charge in [0, 0.05) is 42.5 Å². The quantitative estimate of drug-likeness (QED) is 0.343. The molecule has 4 heterocycles. The van der Waals surface area contributed by atoms with Crippen molar-refractivity contribution in [3.8, 4) is 16.9 Å². The lowest BCUT2D eigenvalue weighted by Gasteiger charge is -2.20. The maximum atomic E-state index is 14.2. The molecule has 0 aliphatic rings. The van der Waals surface area contributed by atoms with Crippen LogP contribution in [0.4, 0.5) is 0 Å². The Morgan fingerprint density at radius 2 is 1.86 bits per heavy atom. The first-order valence-electron chi connectivity index (χ1n) is 11.4. The molecule has 6 rings (SSSR count). The van der Waals surface area contributed by atoms with Crippen LogP contribution in [0.5, 0.6) is 0 Å². The van der Waals surface area contributed by atoms with Gasteiger partial charge in [-0.3, -0.25) is 9.36 Å². The van der Waals surface area contributed by atoms with Crippen molar-refractivity contribution < 1.29 is 0 Å². The van der Waals surface area contributed by atoms with Gasteiger partial charge in [0.1, 0.15) is 16.7 Å². The number of nitrogens with zero attached hydrogens (tertiary/aromatic N) is 6. The highest BCUT2D eigenvalue weighted by Gasteiger charge is 2.21. The molecule has 0 radical (unpaired) electrons. The molecule has 0 saturated carbocycles. The third-order valence-electron chi connectivity index (χ3n) is 6.29. The zero-order chi connectivity index (χ0) is 23.9. The van der Waals surface area contributed by atoms with Crippen molar-refractivity contribution in [3.05, 3.63) is 101 Å². The Balaban J connectivity index is 1.57. The molecule has 0 saturated heterocycles. The Hall–Kier alpha value is -4.17. The van der Waals surface area contributed by atoms with Gasteiger partial charge in [0.05, 0.1) is 28.6 Å². The predicted octanol–water partition coefficient (Wildman–Crippen LogP) is 5.14. The molecule has 2 aromatic carbocycles. The molecule has 8 heteroatoms. The molecule has 0 amide bonds. The van der Waals surface area contributed by atoms with Gasteiger partial charge >= 0.3 is 0 Å². The lowest BCUT2D eigenvalue weighted by atomic mass is 9.96. The Morgan fingerprint density at radius 3 is 2.66 bits per heavy atom. The molecule has 0 fully saturated rings. The first-order valence-corrected chi connectivity index (χ1v) is 12.2. The zero-order valence-electron chi connectivity index (χ0n) is 19.3. The van der Waals surface area contributed by atoms with Crippen LogP contribution < -0.4 is 5.56 Å². The van der Waals surface area contributed by atoms with Crippen molar-refractivity contribution in [2.75, 3.05) is 0 Å². The van der Waals surface area contributed by atoms with Crippen LogP contribution in [-0.4, -0.2) is 29.1 Å². The number of imidazole rings is 1. The second kappa shape index (κ2) is 8.56. The summed E-state index contributed by atoms with van der Waals surface area (Å²) < 4.78 is 3.72. The summed E-state index contributed by atoms with van der Waals surface area (Å²) >= 11 is 1.50. The fourth-order valence-corrected chi connectivity index (χ4v) is 5.29. The Labute approximate surface area is 205 Å². The summed E-state index contributed by atoms with van der Waals surface area (Å²) in [6, 6.07) is 17.9. The van der Waals surface area contributed by atoms with Gasteiger partial charge in [-0.2, -0.15) is 0 Å². The molecule has 0 spiro atoms. The van der Waals surface area contributed by atoms with E-state index in [9.17, 15) is 4.79 Å². The van der Waals surface area contributed by atoms with Crippen LogP contribution in [-0.2, 0) is 13.5 Å². The van der Waals surface area contributed by atoms with E-state index in [2.05, 4.69) is 32.9 Å². The third-order valence-corrected chi connectivity index (χ3v) is 7.02. The molecule has 4 aromatic heterocycles. The van der Waals surface area contributed by atoms with Gasteiger partial charge in [-0.05, 0) is 23.6 Å². The molecule has 0 aliphatic heterocycles. The third kappa shape index (κ3) is 3.72. The number of benzene rings is 2. The lowest BCUT2D eigenvalue weighted by Crippen LogP contribution is -2.24. The fourth-order valence-electron chi connectivity index (χ4n) is 4.64. The number of hydrogen-bond donors (Lipinski definition) is 0. The average molecular weight is 479 g/mol. The van der Waals surface area contributed by atoms with Crippen molar-refractivity contribution >= 4 is 32.5 Å². The number of fused-ring (bicyclic) bond motifs is 2. The van der Waals surface area contributed by atoms with Crippen LogP contribution >= 0.6 is 11.3 Å². The SMILES string of the molecule is C[C@H](Cc1ncnc2scnc12)c1cc2cccc(-c3cn(C)cn3)c2c(=O)n1-c1ccccc1. The average Bonchev–Trinajstić information content (AvgIpc) is 3.53. The zero-order valence-corrected chi connectivity index (χ0v) is 20.1. The maximum absolute atomic E-state index is 14.2. The minimum absolute atomic E-state index is 0.00520. The van der Waals surface area contributed by atoms with Crippen molar-refractivity contribution in [2.45, 2.75) is 19.3 Å². The fraction of sp³-hybridized carbons (Fsp3) is 0.148. The highest BCUT2D eigenvalue weighted by molar-refractivity contribution is 7.16. The van der Waals surface area contributed by atoms with Crippen molar-refractivity contribution in [1.29, 1.82) is 0 Å².